The third kappa shape index (κ3) is 6.75. The van der Waals surface area contributed by atoms with Crippen molar-refractivity contribution in [2.45, 2.75) is 137 Å². The van der Waals surface area contributed by atoms with E-state index in [9.17, 15) is 0 Å². The summed E-state index contributed by atoms with van der Waals surface area (Å²) in [4.78, 5) is 35.1. The van der Waals surface area contributed by atoms with Gasteiger partial charge in [-0.15, -0.1) is 35.3 Å². The molecule has 3 aromatic carbocycles. The van der Waals surface area contributed by atoms with E-state index >= 15 is 9.59 Å². The maximum atomic E-state index is 15.0. The molecule has 0 aromatic heterocycles. The second-order valence-corrected chi connectivity index (χ2v) is 18.0. The van der Waals surface area contributed by atoms with Gasteiger partial charge in [0.25, 0.3) is 0 Å². The first-order valence-electron chi connectivity index (χ1n) is 16.8. The molecule has 0 aliphatic heterocycles. The van der Waals surface area contributed by atoms with Crippen molar-refractivity contribution in [1.29, 1.82) is 0 Å². The minimum Gasteiger partial charge on any atom is -0.288 e. The lowest BCUT2D eigenvalue weighted by molar-refractivity contribution is 0.0970. The minimum absolute atomic E-state index is 0.0588. The van der Waals surface area contributed by atoms with Crippen molar-refractivity contribution in [3.05, 3.63) is 76.9 Å². The molecule has 0 radical (unpaired) electrons. The third-order valence-corrected chi connectivity index (χ3v) is 14.9. The Hall–Kier alpha value is -1.60. The van der Waals surface area contributed by atoms with Crippen LogP contribution in [0.3, 0.4) is 0 Å². The quantitative estimate of drug-likeness (QED) is 0.187. The molecule has 7 rings (SSSR count). The largest absolute Gasteiger partial charge is 0.288 e. The van der Waals surface area contributed by atoms with Gasteiger partial charge in [0.1, 0.15) is 0 Å². The zero-order valence-electron chi connectivity index (χ0n) is 25.5. The molecule has 0 amide bonds. The third-order valence-electron chi connectivity index (χ3n) is 9.67. The molecule has 0 heterocycles. The first-order chi connectivity index (χ1) is 21.7. The highest BCUT2D eigenvalue weighted by atomic mass is 32.2. The van der Waals surface area contributed by atoms with Crippen molar-refractivity contribution >= 4 is 58.6 Å². The molecular weight excluding hydrogens is 617 g/mol. The van der Waals surface area contributed by atoms with Crippen LogP contribution < -0.4 is 0 Å². The Bertz CT molecular complexity index is 1500. The zero-order valence-corrected chi connectivity index (χ0v) is 28.8. The summed E-state index contributed by atoms with van der Waals surface area (Å²) in [6.07, 6.45) is 18.6. The number of thioether (sulfide) groups is 3. The van der Waals surface area contributed by atoms with Crippen LogP contribution in [0, 0.1) is 0 Å². The summed E-state index contributed by atoms with van der Waals surface area (Å²) >= 11 is 7.20. The lowest BCUT2D eigenvalue weighted by Crippen LogP contribution is -2.25. The van der Waals surface area contributed by atoms with Crippen molar-refractivity contribution in [3.63, 3.8) is 0 Å². The van der Waals surface area contributed by atoms with Gasteiger partial charge in [0, 0.05) is 62.5 Å². The molecule has 0 bridgehead atoms. The number of hydrogen-bond donors (Lipinski definition) is 0. The second-order valence-electron chi connectivity index (χ2n) is 12.8. The molecule has 0 unspecified atom stereocenters. The van der Waals surface area contributed by atoms with Gasteiger partial charge < -0.3 is 0 Å². The normalized spacial score (nSPS) is 20.0. The highest BCUT2D eigenvalue weighted by molar-refractivity contribution is 8.01. The van der Waals surface area contributed by atoms with Crippen molar-refractivity contribution < 1.29 is 9.59 Å². The highest BCUT2D eigenvalue weighted by Crippen LogP contribution is 2.49. The Morgan fingerprint density at radius 2 is 0.750 bits per heavy atom. The van der Waals surface area contributed by atoms with Gasteiger partial charge in [-0.1, -0.05) is 87.7 Å². The maximum Gasteiger partial charge on any atom is 0.196 e. The number of carbonyl (C=O) groups is 2. The van der Waals surface area contributed by atoms with Gasteiger partial charge in [0.15, 0.2) is 11.6 Å². The Balaban J connectivity index is 1.35. The van der Waals surface area contributed by atoms with Crippen LogP contribution >= 0.6 is 47.0 Å². The Kier molecular flexibility index (Phi) is 10.2. The van der Waals surface area contributed by atoms with E-state index in [2.05, 4.69) is 36.4 Å². The van der Waals surface area contributed by atoms with Crippen LogP contribution in [0.15, 0.2) is 79.1 Å². The topological polar surface area (TPSA) is 34.1 Å². The van der Waals surface area contributed by atoms with Crippen molar-refractivity contribution in [2.24, 2.45) is 0 Å². The summed E-state index contributed by atoms with van der Waals surface area (Å²) in [7, 11) is 0. The predicted octanol–water partition coefficient (Wildman–Crippen LogP) is 11.9. The average molecular weight is 659 g/mol. The SMILES string of the molecule is O=C1c2c(Sc3ccccc3)ccc(SC3CCCCC3)c2C(=O)c2c(SC3CCCCC3)ccc(SC3CCCCC3)c21. The van der Waals surface area contributed by atoms with Crippen LogP contribution in [-0.2, 0) is 0 Å². The Morgan fingerprint density at radius 1 is 0.409 bits per heavy atom. The first-order valence-corrected chi connectivity index (χ1v) is 20.3. The molecule has 0 atom stereocenters. The van der Waals surface area contributed by atoms with Crippen LogP contribution in [0.4, 0.5) is 0 Å². The molecule has 3 aromatic rings. The summed E-state index contributed by atoms with van der Waals surface area (Å²) < 4.78 is 0. The predicted molar refractivity (Wildman–Crippen MR) is 189 cm³/mol. The van der Waals surface area contributed by atoms with E-state index in [0.717, 1.165) is 24.5 Å². The van der Waals surface area contributed by atoms with E-state index in [-0.39, 0.29) is 11.6 Å². The van der Waals surface area contributed by atoms with E-state index in [1.165, 1.54) is 96.3 Å². The zero-order chi connectivity index (χ0) is 29.9. The van der Waals surface area contributed by atoms with Gasteiger partial charge in [-0.3, -0.25) is 9.59 Å². The summed E-state index contributed by atoms with van der Waals surface area (Å²) in [5.41, 5.74) is 2.70. The van der Waals surface area contributed by atoms with Crippen molar-refractivity contribution in [3.8, 4) is 0 Å². The summed E-state index contributed by atoms with van der Waals surface area (Å²) in [6.45, 7) is 0. The number of rotatable bonds is 8. The standard InChI is InChI=1S/C38H42O2S4/c39-37-33-29(41-25-13-5-1-6-14-25)21-22-30(42-26-15-7-2-8-16-26)34(33)38(40)36-32(44-28-19-11-4-12-20-28)24-23-31(35(36)37)43-27-17-9-3-10-18-27/h1,5-6,13-14,21-24,26-28H,2-4,7-12,15-20H2. The smallest absolute Gasteiger partial charge is 0.196 e. The molecule has 4 aliphatic rings. The van der Waals surface area contributed by atoms with Gasteiger partial charge in [-0.2, -0.15) is 0 Å². The average Bonchev–Trinajstić information content (AvgIpc) is 3.06. The molecule has 3 fully saturated rings. The van der Waals surface area contributed by atoms with Crippen molar-refractivity contribution in [2.75, 3.05) is 0 Å². The fourth-order valence-electron chi connectivity index (χ4n) is 7.36. The van der Waals surface area contributed by atoms with E-state index in [4.69, 9.17) is 0 Å². The van der Waals surface area contributed by atoms with Gasteiger partial charge in [-0.25, -0.2) is 0 Å². The van der Waals surface area contributed by atoms with E-state index in [0.29, 0.717) is 38.0 Å². The van der Waals surface area contributed by atoms with Crippen LogP contribution in [0.5, 0.6) is 0 Å². The molecule has 2 nitrogen and oxygen atoms in total. The lowest BCUT2D eigenvalue weighted by atomic mass is 9.84. The van der Waals surface area contributed by atoms with Crippen molar-refractivity contribution in [1.82, 2.24) is 0 Å². The number of carbonyl (C=O) groups excluding carboxylic acids is 2. The summed E-state index contributed by atoms with van der Waals surface area (Å²) in [6, 6.07) is 18.9. The fraction of sp³-hybridized carbons (Fsp3) is 0.474. The number of benzene rings is 3. The van der Waals surface area contributed by atoms with Gasteiger partial charge in [-0.05, 0) is 74.9 Å². The second kappa shape index (κ2) is 14.4. The Morgan fingerprint density at radius 3 is 1.14 bits per heavy atom. The molecule has 44 heavy (non-hydrogen) atoms. The maximum absolute atomic E-state index is 15.0. The molecule has 0 saturated heterocycles. The van der Waals surface area contributed by atoms with Gasteiger partial charge >= 0.3 is 0 Å². The highest BCUT2D eigenvalue weighted by Gasteiger charge is 2.39. The molecular formula is C38H42O2S4. The van der Waals surface area contributed by atoms with Gasteiger partial charge in [0.05, 0.1) is 0 Å². The number of ketones is 2. The van der Waals surface area contributed by atoms with Crippen LogP contribution in [0.2, 0.25) is 0 Å². The molecule has 0 N–H and O–H groups in total. The fourth-order valence-corrected chi connectivity index (χ4v) is 12.5. The summed E-state index contributed by atoms with van der Waals surface area (Å²) in [5, 5.41) is 1.54. The summed E-state index contributed by atoms with van der Waals surface area (Å²) in [5.74, 6) is 0.136. The van der Waals surface area contributed by atoms with Crippen LogP contribution in [0.1, 0.15) is 128 Å². The number of hydrogen-bond acceptors (Lipinski definition) is 6. The molecule has 6 heteroatoms. The Labute approximate surface area is 280 Å². The first kappa shape index (κ1) is 31.0. The van der Waals surface area contributed by atoms with Crippen LogP contribution in [-0.4, -0.2) is 27.3 Å². The molecule has 0 spiro atoms. The van der Waals surface area contributed by atoms with E-state index in [1.54, 1.807) is 11.8 Å². The molecule has 230 valence electrons. The minimum atomic E-state index is 0.0588. The van der Waals surface area contributed by atoms with Gasteiger partial charge in [0.2, 0.25) is 0 Å². The number of fused-ring (bicyclic) bond motifs is 2. The molecule has 3 saturated carbocycles. The monoisotopic (exact) mass is 658 g/mol. The van der Waals surface area contributed by atoms with E-state index in [1.807, 2.05) is 53.5 Å². The van der Waals surface area contributed by atoms with Crippen LogP contribution in [0.25, 0.3) is 0 Å². The molecule has 4 aliphatic carbocycles. The van der Waals surface area contributed by atoms with E-state index < -0.39 is 0 Å². The lowest BCUT2D eigenvalue weighted by Gasteiger charge is -2.30.